The molecule has 91 valence electrons. The van der Waals surface area contributed by atoms with E-state index in [0.717, 1.165) is 7.48 Å². The average molecular weight is 237 g/mol. The van der Waals surface area contributed by atoms with Crippen LogP contribution in [0.1, 0.15) is 12.8 Å². The SMILES string of the molecule is COC(=O)C1CC(N=CC([B]O)=C(N)C=O)C1. The van der Waals surface area contributed by atoms with Crippen molar-refractivity contribution in [1.29, 1.82) is 0 Å². The highest BCUT2D eigenvalue weighted by molar-refractivity contribution is 6.45. The molecule has 1 radical (unpaired) electrons. The number of ether oxygens (including phenoxy) is 1. The number of allylic oxidation sites excluding steroid dienone is 2. The van der Waals surface area contributed by atoms with Crippen LogP contribution in [0.25, 0.3) is 0 Å². The van der Waals surface area contributed by atoms with Crippen molar-refractivity contribution in [3.05, 3.63) is 11.2 Å². The molecule has 0 aromatic carbocycles. The Hall–Kier alpha value is -1.63. The van der Waals surface area contributed by atoms with E-state index in [1.165, 1.54) is 13.3 Å². The molecule has 0 aliphatic heterocycles. The van der Waals surface area contributed by atoms with Crippen LogP contribution in [0.5, 0.6) is 0 Å². The second-order valence-electron chi connectivity index (χ2n) is 3.78. The minimum Gasteiger partial charge on any atom is -0.469 e. The van der Waals surface area contributed by atoms with E-state index >= 15 is 0 Å². The predicted molar refractivity (Wildman–Crippen MR) is 62.3 cm³/mol. The Balaban J connectivity index is 2.47. The quantitative estimate of drug-likeness (QED) is 0.210. The van der Waals surface area contributed by atoms with Gasteiger partial charge in [-0.05, 0) is 18.3 Å². The van der Waals surface area contributed by atoms with Crippen molar-refractivity contribution in [2.75, 3.05) is 7.11 Å². The van der Waals surface area contributed by atoms with Crippen LogP contribution in [-0.2, 0) is 14.3 Å². The van der Waals surface area contributed by atoms with Gasteiger partial charge in [-0.3, -0.25) is 14.6 Å². The zero-order valence-electron chi connectivity index (χ0n) is 9.50. The molecule has 0 amide bonds. The second kappa shape index (κ2) is 6.19. The molecule has 0 spiro atoms. The monoisotopic (exact) mass is 237 g/mol. The van der Waals surface area contributed by atoms with Gasteiger partial charge in [-0.2, -0.15) is 0 Å². The molecule has 0 atom stereocenters. The lowest BCUT2D eigenvalue weighted by molar-refractivity contribution is -0.148. The fraction of sp³-hybridized carbons (Fsp3) is 0.500. The first-order valence-electron chi connectivity index (χ1n) is 5.15. The topological polar surface area (TPSA) is 102 Å². The Labute approximate surface area is 99.8 Å². The molecule has 0 bridgehead atoms. The number of carbonyl (C=O) groups is 2. The van der Waals surface area contributed by atoms with E-state index in [1.54, 1.807) is 0 Å². The molecule has 7 heteroatoms. The van der Waals surface area contributed by atoms with Crippen molar-refractivity contribution in [2.45, 2.75) is 18.9 Å². The minimum atomic E-state index is -0.228. The van der Waals surface area contributed by atoms with E-state index < -0.39 is 0 Å². The van der Waals surface area contributed by atoms with Gasteiger partial charge >= 0.3 is 13.5 Å². The molecule has 1 saturated carbocycles. The molecule has 1 fully saturated rings. The van der Waals surface area contributed by atoms with Gasteiger partial charge in [-0.15, -0.1) is 0 Å². The summed E-state index contributed by atoms with van der Waals surface area (Å²) in [6.07, 6.45) is 3.00. The first-order chi connectivity index (χ1) is 8.12. The molecule has 0 unspecified atom stereocenters. The molecule has 0 heterocycles. The molecule has 3 N–H and O–H groups in total. The summed E-state index contributed by atoms with van der Waals surface area (Å²) < 4.78 is 4.59. The summed E-state index contributed by atoms with van der Waals surface area (Å²) in [5, 5.41) is 8.82. The first kappa shape index (κ1) is 13.4. The van der Waals surface area contributed by atoms with Gasteiger partial charge < -0.3 is 15.5 Å². The third kappa shape index (κ3) is 3.42. The number of rotatable bonds is 5. The van der Waals surface area contributed by atoms with Crippen LogP contribution >= 0.6 is 0 Å². The number of nitrogens with two attached hydrogens (primary N) is 1. The Morgan fingerprint density at radius 3 is 2.71 bits per heavy atom. The highest BCUT2D eigenvalue weighted by Gasteiger charge is 2.34. The lowest BCUT2D eigenvalue weighted by Crippen LogP contribution is -2.34. The van der Waals surface area contributed by atoms with Gasteiger partial charge in [0.25, 0.3) is 0 Å². The van der Waals surface area contributed by atoms with Gasteiger partial charge in [0.15, 0.2) is 6.29 Å². The predicted octanol–water partition coefficient (Wildman–Crippen LogP) is -1.01. The van der Waals surface area contributed by atoms with E-state index in [-0.39, 0.29) is 29.1 Å². The van der Waals surface area contributed by atoms with Crippen molar-refractivity contribution >= 4 is 26.0 Å². The van der Waals surface area contributed by atoms with Crippen molar-refractivity contribution in [2.24, 2.45) is 16.6 Å². The molecule has 1 aliphatic carbocycles. The number of methoxy groups -OCH3 is 1. The Morgan fingerprint density at radius 1 is 1.59 bits per heavy atom. The van der Waals surface area contributed by atoms with E-state index in [9.17, 15) is 9.59 Å². The van der Waals surface area contributed by atoms with Crippen LogP contribution in [0, 0.1) is 5.92 Å². The van der Waals surface area contributed by atoms with Gasteiger partial charge in [0.1, 0.15) is 0 Å². The minimum absolute atomic E-state index is 0.00787. The molecule has 0 saturated heterocycles. The fourth-order valence-corrected chi connectivity index (χ4v) is 1.50. The summed E-state index contributed by atoms with van der Waals surface area (Å²) in [5.41, 5.74) is 5.41. The van der Waals surface area contributed by atoms with Crippen molar-refractivity contribution in [3.63, 3.8) is 0 Å². The zero-order valence-corrected chi connectivity index (χ0v) is 9.50. The summed E-state index contributed by atoms with van der Waals surface area (Å²) in [4.78, 5) is 25.6. The van der Waals surface area contributed by atoms with Crippen molar-refractivity contribution in [1.82, 2.24) is 0 Å². The zero-order chi connectivity index (χ0) is 12.8. The number of carbonyl (C=O) groups excluding carboxylic acids is 2. The Kier molecular flexibility index (Phi) is 4.90. The van der Waals surface area contributed by atoms with Crippen LogP contribution in [0.3, 0.4) is 0 Å². The largest absolute Gasteiger partial charge is 0.469 e. The lowest BCUT2D eigenvalue weighted by Gasteiger charge is -2.29. The maximum atomic E-state index is 11.1. The van der Waals surface area contributed by atoms with Gasteiger partial charge in [-0.1, -0.05) is 0 Å². The van der Waals surface area contributed by atoms with Gasteiger partial charge in [0, 0.05) is 6.21 Å². The van der Waals surface area contributed by atoms with E-state index in [0.29, 0.717) is 19.1 Å². The van der Waals surface area contributed by atoms with Crippen molar-refractivity contribution < 1.29 is 19.3 Å². The standard InChI is InChI=1S/C10H14BN2O4/c1-17-10(15)6-2-7(3-6)13-4-8(11-16)9(12)5-14/h4-7,16H,2-3,12H2,1H3. The summed E-state index contributed by atoms with van der Waals surface area (Å²) in [5.74, 6) is -0.329. The van der Waals surface area contributed by atoms with Crippen LogP contribution in [-0.4, -0.2) is 44.1 Å². The average Bonchev–Trinajstić information content (AvgIpc) is 2.30. The third-order valence-corrected chi connectivity index (χ3v) is 2.67. The highest BCUT2D eigenvalue weighted by atomic mass is 16.5. The molecular formula is C10H14BN2O4. The van der Waals surface area contributed by atoms with E-state index in [1.807, 2.05) is 0 Å². The van der Waals surface area contributed by atoms with E-state index in [4.69, 9.17) is 10.8 Å². The number of esters is 1. The van der Waals surface area contributed by atoms with Gasteiger partial charge in [-0.25, -0.2) is 0 Å². The van der Waals surface area contributed by atoms with Crippen LogP contribution in [0.2, 0.25) is 0 Å². The molecule has 1 aliphatic rings. The summed E-state index contributed by atoms with van der Waals surface area (Å²) in [7, 11) is 2.08. The van der Waals surface area contributed by atoms with Gasteiger partial charge in [0.2, 0.25) is 0 Å². The number of nitrogens with zero attached hydrogens (tertiary/aromatic N) is 1. The lowest BCUT2D eigenvalue weighted by atomic mass is 9.80. The molecule has 1 rings (SSSR count). The van der Waals surface area contributed by atoms with Crippen LogP contribution in [0.4, 0.5) is 0 Å². The normalized spacial score (nSPS) is 24.8. The summed E-state index contributed by atoms with van der Waals surface area (Å²) in [6, 6.07) is 0.00787. The summed E-state index contributed by atoms with van der Waals surface area (Å²) >= 11 is 0. The summed E-state index contributed by atoms with van der Waals surface area (Å²) in [6.45, 7) is 0. The number of hydrogen-bond donors (Lipinski definition) is 2. The highest BCUT2D eigenvalue weighted by Crippen LogP contribution is 2.30. The van der Waals surface area contributed by atoms with E-state index in [2.05, 4.69) is 9.73 Å². The molecule has 0 aromatic rings. The van der Waals surface area contributed by atoms with Crippen LogP contribution in [0.15, 0.2) is 16.2 Å². The Bertz CT molecular complexity index is 361. The van der Waals surface area contributed by atoms with Crippen LogP contribution < -0.4 is 5.73 Å². The molecule has 6 nitrogen and oxygen atoms in total. The maximum absolute atomic E-state index is 11.1. The first-order valence-corrected chi connectivity index (χ1v) is 5.15. The van der Waals surface area contributed by atoms with Gasteiger partial charge in [0.05, 0.1) is 24.8 Å². The maximum Gasteiger partial charge on any atom is 0.330 e. The second-order valence-corrected chi connectivity index (χ2v) is 3.78. The molecule has 0 aromatic heterocycles. The number of aldehydes is 1. The molecule has 17 heavy (non-hydrogen) atoms. The molecular weight excluding hydrogens is 223 g/mol. The number of aliphatic imine (C=N–C) groups is 1. The Morgan fingerprint density at radius 2 is 2.24 bits per heavy atom. The third-order valence-electron chi connectivity index (χ3n) is 2.67. The van der Waals surface area contributed by atoms with Crippen molar-refractivity contribution in [3.8, 4) is 0 Å². The number of hydrogen-bond acceptors (Lipinski definition) is 6. The fourth-order valence-electron chi connectivity index (χ4n) is 1.50. The smallest absolute Gasteiger partial charge is 0.330 e.